The molecular formula is C14H18N2O. The van der Waals surface area contributed by atoms with E-state index in [-0.39, 0.29) is 0 Å². The molecule has 0 spiro atoms. The highest BCUT2D eigenvalue weighted by molar-refractivity contribution is 5.61. The molecule has 3 nitrogen and oxygen atoms in total. The van der Waals surface area contributed by atoms with Gasteiger partial charge in [-0.1, -0.05) is 12.1 Å². The summed E-state index contributed by atoms with van der Waals surface area (Å²) in [4.78, 5) is 0. The average molecular weight is 230 g/mol. The summed E-state index contributed by atoms with van der Waals surface area (Å²) in [5.74, 6) is 0.544. The molecule has 0 bridgehead atoms. The van der Waals surface area contributed by atoms with E-state index in [1.54, 1.807) is 0 Å². The zero-order chi connectivity index (χ0) is 12.3. The Kier molecular flexibility index (Phi) is 3.65. The summed E-state index contributed by atoms with van der Waals surface area (Å²) in [5, 5.41) is 12.6. The van der Waals surface area contributed by atoms with Crippen LogP contribution in [0, 0.1) is 24.2 Å². The Bertz CT molecular complexity index is 430. The zero-order valence-corrected chi connectivity index (χ0v) is 10.4. The van der Waals surface area contributed by atoms with Crippen molar-refractivity contribution in [3.63, 3.8) is 0 Å². The summed E-state index contributed by atoms with van der Waals surface area (Å²) < 4.78 is 5.39. The van der Waals surface area contributed by atoms with Crippen molar-refractivity contribution in [2.24, 2.45) is 5.92 Å². The van der Waals surface area contributed by atoms with Crippen LogP contribution in [0.15, 0.2) is 18.2 Å². The minimum absolute atomic E-state index is 0.339. The lowest BCUT2D eigenvalue weighted by atomic mass is 9.99. The number of benzene rings is 1. The summed E-state index contributed by atoms with van der Waals surface area (Å²) in [7, 11) is 0. The molecule has 1 saturated heterocycles. The Morgan fingerprint density at radius 1 is 1.53 bits per heavy atom. The smallest absolute Gasteiger partial charge is 0.102 e. The number of nitriles is 1. The summed E-state index contributed by atoms with van der Waals surface area (Å²) in [5.41, 5.74) is 2.71. The van der Waals surface area contributed by atoms with Gasteiger partial charge in [-0.2, -0.15) is 5.26 Å². The highest BCUT2D eigenvalue weighted by Gasteiger charge is 2.22. The summed E-state index contributed by atoms with van der Waals surface area (Å²) in [6.07, 6.45) is 1.10. The Morgan fingerprint density at radius 2 is 2.35 bits per heavy atom. The number of nitrogens with zero attached hydrogens (tertiary/aromatic N) is 1. The van der Waals surface area contributed by atoms with Crippen LogP contribution in [0.25, 0.3) is 0 Å². The first-order chi connectivity index (χ1) is 8.22. The number of anilines is 1. The third-order valence-corrected chi connectivity index (χ3v) is 3.44. The van der Waals surface area contributed by atoms with Gasteiger partial charge in [0, 0.05) is 18.6 Å². The van der Waals surface area contributed by atoms with E-state index in [4.69, 9.17) is 10.00 Å². The lowest BCUT2D eigenvalue weighted by Crippen LogP contribution is -2.26. The number of nitrogens with one attached hydrogen (secondary N) is 1. The summed E-state index contributed by atoms with van der Waals surface area (Å²) in [6, 6.07) is 8.52. The molecule has 2 rings (SSSR count). The fraction of sp³-hybridized carbons (Fsp3) is 0.500. The van der Waals surface area contributed by atoms with Crippen molar-refractivity contribution in [3.8, 4) is 6.07 Å². The first-order valence-electron chi connectivity index (χ1n) is 6.06. The maximum absolute atomic E-state index is 9.16. The van der Waals surface area contributed by atoms with Crippen molar-refractivity contribution in [2.45, 2.75) is 26.3 Å². The van der Waals surface area contributed by atoms with Gasteiger partial charge in [0.25, 0.3) is 0 Å². The standard InChI is InChI=1S/C14H18N2O/c1-10-4-3-5-14(13(10)8-15)16-11(2)12-6-7-17-9-12/h3-5,11-12,16H,6-7,9H2,1-2H3. The van der Waals surface area contributed by atoms with Gasteiger partial charge in [-0.15, -0.1) is 0 Å². The van der Waals surface area contributed by atoms with Gasteiger partial charge >= 0.3 is 0 Å². The van der Waals surface area contributed by atoms with Gasteiger partial charge < -0.3 is 10.1 Å². The number of aryl methyl sites for hydroxylation is 1. The van der Waals surface area contributed by atoms with E-state index in [1.165, 1.54) is 0 Å². The van der Waals surface area contributed by atoms with Crippen LogP contribution in [0.3, 0.4) is 0 Å². The van der Waals surface area contributed by atoms with Crippen molar-refractivity contribution in [2.75, 3.05) is 18.5 Å². The quantitative estimate of drug-likeness (QED) is 0.868. The van der Waals surface area contributed by atoms with Crippen LogP contribution in [0.2, 0.25) is 0 Å². The second kappa shape index (κ2) is 5.20. The Labute approximate surface area is 102 Å². The van der Waals surface area contributed by atoms with E-state index >= 15 is 0 Å². The van der Waals surface area contributed by atoms with E-state index in [9.17, 15) is 0 Å². The van der Waals surface area contributed by atoms with E-state index in [1.807, 2.05) is 25.1 Å². The second-order valence-electron chi connectivity index (χ2n) is 4.67. The summed E-state index contributed by atoms with van der Waals surface area (Å²) >= 11 is 0. The van der Waals surface area contributed by atoms with Crippen LogP contribution in [-0.4, -0.2) is 19.3 Å². The van der Waals surface area contributed by atoms with Crippen molar-refractivity contribution >= 4 is 5.69 Å². The highest BCUT2D eigenvalue weighted by Crippen LogP contribution is 2.23. The van der Waals surface area contributed by atoms with E-state index in [2.05, 4.69) is 18.3 Å². The van der Waals surface area contributed by atoms with Crippen LogP contribution < -0.4 is 5.32 Å². The van der Waals surface area contributed by atoms with Gasteiger partial charge in [0.05, 0.1) is 17.9 Å². The molecule has 1 heterocycles. The molecule has 1 fully saturated rings. The van der Waals surface area contributed by atoms with Crippen molar-refractivity contribution < 1.29 is 4.74 Å². The highest BCUT2D eigenvalue weighted by atomic mass is 16.5. The maximum atomic E-state index is 9.16. The number of ether oxygens (including phenoxy) is 1. The third-order valence-electron chi connectivity index (χ3n) is 3.44. The van der Waals surface area contributed by atoms with Crippen molar-refractivity contribution in [1.29, 1.82) is 5.26 Å². The van der Waals surface area contributed by atoms with Crippen LogP contribution in [-0.2, 0) is 4.74 Å². The molecule has 0 aliphatic carbocycles. The molecule has 17 heavy (non-hydrogen) atoms. The van der Waals surface area contributed by atoms with Gasteiger partial charge in [-0.05, 0) is 31.9 Å². The third kappa shape index (κ3) is 2.59. The minimum Gasteiger partial charge on any atom is -0.381 e. The average Bonchev–Trinajstić information content (AvgIpc) is 2.82. The lowest BCUT2D eigenvalue weighted by molar-refractivity contribution is 0.183. The number of hydrogen-bond acceptors (Lipinski definition) is 3. The van der Waals surface area contributed by atoms with E-state index < -0.39 is 0 Å². The van der Waals surface area contributed by atoms with Crippen LogP contribution in [0.4, 0.5) is 5.69 Å². The number of hydrogen-bond donors (Lipinski definition) is 1. The van der Waals surface area contributed by atoms with E-state index in [0.29, 0.717) is 12.0 Å². The Hall–Kier alpha value is -1.53. The van der Waals surface area contributed by atoms with Crippen LogP contribution in [0.1, 0.15) is 24.5 Å². The predicted octanol–water partition coefficient (Wildman–Crippen LogP) is 2.70. The molecule has 1 aromatic carbocycles. The molecule has 0 amide bonds. The van der Waals surface area contributed by atoms with Crippen LogP contribution >= 0.6 is 0 Å². The molecule has 2 atom stereocenters. The molecule has 1 N–H and O–H groups in total. The second-order valence-corrected chi connectivity index (χ2v) is 4.67. The monoisotopic (exact) mass is 230 g/mol. The van der Waals surface area contributed by atoms with Gasteiger partial charge in [0.1, 0.15) is 6.07 Å². The topological polar surface area (TPSA) is 45.0 Å². The molecule has 1 aliphatic rings. The Morgan fingerprint density at radius 3 is 3.00 bits per heavy atom. The predicted molar refractivity (Wildman–Crippen MR) is 67.9 cm³/mol. The van der Waals surface area contributed by atoms with Gasteiger partial charge in [0.15, 0.2) is 0 Å². The van der Waals surface area contributed by atoms with Crippen molar-refractivity contribution in [1.82, 2.24) is 0 Å². The maximum Gasteiger partial charge on any atom is 0.102 e. The van der Waals surface area contributed by atoms with Crippen LogP contribution in [0.5, 0.6) is 0 Å². The molecule has 2 unspecified atom stereocenters. The first kappa shape index (κ1) is 11.9. The molecule has 1 aromatic rings. The molecular weight excluding hydrogens is 212 g/mol. The number of rotatable bonds is 3. The summed E-state index contributed by atoms with van der Waals surface area (Å²) in [6.45, 7) is 5.80. The largest absolute Gasteiger partial charge is 0.381 e. The fourth-order valence-electron chi connectivity index (χ4n) is 2.25. The lowest BCUT2D eigenvalue weighted by Gasteiger charge is -2.21. The van der Waals surface area contributed by atoms with Gasteiger partial charge in [-0.25, -0.2) is 0 Å². The molecule has 3 heteroatoms. The molecule has 0 saturated carbocycles. The molecule has 90 valence electrons. The normalized spacial score (nSPS) is 20.9. The van der Waals surface area contributed by atoms with Crippen molar-refractivity contribution in [3.05, 3.63) is 29.3 Å². The van der Waals surface area contributed by atoms with Gasteiger partial charge in [0.2, 0.25) is 0 Å². The fourth-order valence-corrected chi connectivity index (χ4v) is 2.25. The first-order valence-corrected chi connectivity index (χ1v) is 6.06. The van der Waals surface area contributed by atoms with Gasteiger partial charge in [-0.3, -0.25) is 0 Å². The molecule has 0 radical (unpaired) electrons. The molecule has 0 aromatic heterocycles. The van der Waals surface area contributed by atoms with E-state index in [0.717, 1.165) is 36.4 Å². The minimum atomic E-state index is 0.339. The zero-order valence-electron chi connectivity index (χ0n) is 10.4. The molecule has 1 aliphatic heterocycles. The Balaban J connectivity index is 2.13. The SMILES string of the molecule is Cc1cccc(NC(C)C2CCOC2)c1C#N.